The minimum Gasteiger partial charge on any atom is -0.467 e. The molecular weight excluding hydrogens is 388 g/mol. The van der Waals surface area contributed by atoms with E-state index in [0.717, 1.165) is 24.2 Å². The molecule has 1 aromatic heterocycles. The summed E-state index contributed by atoms with van der Waals surface area (Å²) in [6.45, 7) is 2.89. The maximum Gasteiger partial charge on any atom is 0.338 e. The predicted molar refractivity (Wildman–Crippen MR) is 105 cm³/mol. The minimum atomic E-state index is -0.920. The maximum absolute atomic E-state index is 12.7. The summed E-state index contributed by atoms with van der Waals surface area (Å²) in [5, 5.41) is 0. The van der Waals surface area contributed by atoms with Crippen LogP contribution in [0, 0.1) is 0 Å². The van der Waals surface area contributed by atoms with Crippen molar-refractivity contribution in [3.05, 3.63) is 59.0 Å². The summed E-state index contributed by atoms with van der Waals surface area (Å²) in [7, 11) is 0. The molecule has 8 heteroatoms. The number of rotatable bonds is 5. The fraction of sp³-hybridized carbons (Fsp3) is 0.364. The third kappa shape index (κ3) is 3.72. The van der Waals surface area contributed by atoms with E-state index in [-0.39, 0.29) is 29.1 Å². The lowest BCUT2D eigenvalue weighted by atomic mass is 10.1. The van der Waals surface area contributed by atoms with Gasteiger partial charge in [-0.3, -0.25) is 19.3 Å². The van der Waals surface area contributed by atoms with Crippen LogP contribution in [0.4, 0.5) is 0 Å². The number of fused-ring (bicyclic) bond motifs is 1. The molecule has 0 N–H and O–H groups in total. The van der Waals surface area contributed by atoms with E-state index in [1.807, 2.05) is 0 Å². The lowest BCUT2D eigenvalue weighted by Gasteiger charge is -2.28. The first-order valence-electron chi connectivity index (χ1n) is 9.98. The summed E-state index contributed by atoms with van der Waals surface area (Å²) in [6.07, 6.45) is 3.53. The molecule has 0 saturated carbocycles. The summed E-state index contributed by atoms with van der Waals surface area (Å²) in [5.74, 6) is -1.40. The van der Waals surface area contributed by atoms with Crippen molar-refractivity contribution in [2.45, 2.75) is 38.8 Å². The van der Waals surface area contributed by atoms with Crippen molar-refractivity contribution in [1.82, 2.24) is 9.80 Å². The van der Waals surface area contributed by atoms with Crippen molar-refractivity contribution in [3.8, 4) is 0 Å². The Kier molecular flexibility index (Phi) is 5.39. The summed E-state index contributed by atoms with van der Waals surface area (Å²) < 4.78 is 10.5. The van der Waals surface area contributed by atoms with Gasteiger partial charge in [0.2, 0.25) is 0 Å². The zero-order valence-electron chi connectivity index (χ0n) is 16.6. The molecule has 3 heterocycles. The highest BCUT2D eigenvalue weighted by molar-refractivity contribution is 6.21. The lowest BCUT2D eigenvalue weighted by Crippen LogP contribution is -2.42. The fourth-order valence-electron chi connectivity index (χ4n) is 3.77. The first-order valence-corrected chi connectivity index (χ1v) is 9.98. The van der Waals surface area contributed by atoms with Crippen LogP contribution in [0.15, 0.2) is 41.0 Å². The number of furan rings is 1. The molecule has 30 heavy (non-hydrogen) atoms. The molecule has 1 saturated heterocycles. The van der Waals surface area contributed by atoms with E-state index in [1.165, 1.54) is 24.5 Å². The first-order chi connectivity index (χ1) is 14.5. The number of esters is 1. The highest BCUT2D eigenvalue weighted by Gasteiger charge is 2.37. The average molecular weight is 410 g/mol. The molecule has 1 fully saturated rings. The maximum atomic E-state index is 12.7. The highest BCUT2D eigenvalue weighted by Crippen LogP contribution is 2.26. The first kappa shape index (κ1) is 19.9. The van der Waals surface area contributed by atoms with E-state index in [1.54, 1.807) is 24.0 Å². The van der Waals surface area contributed by atoms with Crippen LogP contribution in [0.1, 0.15) is 63.0 Å². The number of hydrogen-bond donors (Lipinski definition) is 0. The van der Waals surface area contributed by atoms with Crippen LogP contribution in [0.25, 0.3) is 0 Å². The van der Waals surface area contributed by atoms with Gasteiger partial charge in [-0.2, -0.15) is 0 Å². The second kappa shape index (κ2) is 8.14. The second-order valence-corrected chi connectivity index (χ2v) is 7.47. The Morgan fingerprint density at radius 3 is 2.50 bits per heavy atom. The summed E-state index contributed by atoms with van der Waals surface area (Å²) >= 11 is 0. The van der Waals surface area contributed by atoms with E-state index in [0.29, 0.717) is 18.8 Å². The van der Waals surface area contributed by atoms with Crippen LogP contribution < -0.4 is 0 Å². The van der Waals surface area contributed by atoms with E-state index in [9.17, 15) is 19.2 Å². The standard InChI is InChI=1S/C22H22N2O6/c1-14(19(25)23-9-3-2-4-10-23)30-22(28)15-7-8-17-18(12-15)21(27)24(20(17)26)13-16-6-5-11-29-16/h5-8,11-12,14H,2-4,9-10,13H2,1H3/t14-/m0/s1. The number of imide groups is 1. The van der Waals surface area contributed by atoms with Gasteiger partial charge in [0.1, 0.15) is 5.76 Å². The van der Waals surface area contributed by atoms with Gasteiger partial charge in [-0.05, 0) is 56.5 Å². The van der Waals surface area contributed by atoms with Crippen molar-refractivity contribution in [1.29, 1.82) is 0 Å². The molecule has 156 valence electrons. The number of benzene rings is 1. The fourth-order valence-corrected chi connectivity index (χ4v) is 3.77. The molecule has 0 unspecified atom stereocenters. The van der Waals surface area contributed by atoms with Crippen LogP contribution in [0.2, 0.25) is 0 Å². The highest BCUT2D eigenvalue weighted by atomic mass is 16.5. The van der Waals surface area contributed by atoms with Gasteiger partial charge >= 0.3 is 5.97 Å². The number of amides is 3. The smallest absolute Gasteiger partial charge is 0.338 e. The molecular formula is C22H22N2O6. The van der Waals surface area contributed by atoms with Gasteiger partial charge in [-0.25, -0.2) is 4.79 Å². The average Bonchev–Trinajstić information content (AvgIpc) is 3.36. The molecule has 1 aromatic carbocycles. The minimum absolute atomic E-state index is 0.0144. The summed E-state index contributed by atoms with van der Waals surface area (Å²) in [4.78, 5) is 53.1. The molecule has 0 aliphatic carbocycles. The SMILES string of the molecule is C[C@H](OC(=O)c1ccc2c(c1)C(=O)N(Cc1ccco1)C2=O)C(=O)N1CCCCC1. The van der Waals surface area contributed by atoms with Crippen molar-refractivity contribution in [2.24, 2.45) is 0 Å². The zero-order chi connectivity index (χ0) is 21.3. The lowest BCUT2D eigenvalue weighted by molar-refractivity contribution is -0.140. The molecule has 4 rings (SSSR count). The summed E-state index contributed by atoms with van der Waals surface area (Å²) in [5.41, 5.74) is 0.476. The molecule has 2 aromatic rings. The number of carbonyl (C=O) groups excluding carboxylic acids is 4. The number of carbonyl (C=O) groups is 4. The molecule has 2 aliphatic rings. The van der Waals surface area contributed by atoms with Crippen LogP contribution in [0.5, 0.6) is 0 Å². The van der Waals surface area contributed by atoms with Crippen LogP contribution in [-0.4, -0.2) is 52.7 Å². The zero-order valence-corrected chi connectivity index (χ0v) is 16.6. The Balaban J connectivity index is 1.46. The molecule has 8 nitrogen and oxygen atoms in total. The topological polar surface area (TPSA) is 97.1 Å². The van der Waals surface area contributed by atoms with Gasteiger partial charge in [0.15, 0.2) is 6.10 Å². The van der Waals surface area contributed by atoms with Gasteiger partial charge < -0.3 is 14.1 Å². The Labute approximate surface area is 173 Å². The number of likely N-dealkylation sites (tertiary alicyclic amines) is 1. The van der Waals surface area contributed by atoms with Gasteiger partial charge in [-0.1, -0.05) is 0 Å². The van der Waals surface area contributed by atoms with Crippen molar-refractivity contribution >= 4 is 23.7 Å². The Morgan fingerprint density at radius 2 is 1.80 bits per heavy atom. The Morgan fingerprint density at radius 1 is 1.07 bits per heavy atom. The molecule has 0 bridgehead atoms. The molecule has 1 atom stereocenters. The van der Waals surface area contributed by atoms with Crippen LogP contribution in [0.3, 0.4) is 0 Å². The van der Waals surface area contributed by atoms with Crippen LogP contribution in [-0.2, 0) is 16.1 Å². The van der Waals surface area contributed by atoms with Crippen LogP contribution >= 0.6 is 0 Å². The van der Waals surface area contributed by atoms with E-state index < -0.39 is 23.9 Å². The van der Waals surface area contributed by atoms with E-state index >= 15 is 0 Å². The monoisotopic (exact) mass is 410 g/mol. The third-order valence-corrected chi connectivity index (χ3v) is 5.40. The summed E-state index contributed by atoms with van der Waals surface area (Å²) in [6, 6.07) is 7.56. The van der Waals surface area contributed by atoms with Crippen molar-refractivity contribution in [2.75, 3.05) is 13.1 Å². The molecule has 0 spiro atoms. The number of piperidine rings is 1. The van der Waals surface area contributed by atoms with Gasteiger partial charge in [0.25, 0.3) is 17.7 Å². The van der Waals surface area contributed by atoms with Gasteiger partial charge in [0.05, 0.1) is 29.5 Å². The number of hydrogen-bond acceptors (Lipinski definition) is 6. The molecule has 0 radical (unpaired) electrons. The largest absolute Gasteiger partial charge is 0.467 e. The number of nitrogens with zero attached hydrogens (tertiary/aromatic N) is 2. The van der Waals surface area contributed by atoms with Gasteiger partial charge in [-0.15, -0.1) is 0 Å². The van der Waals surface area contributed by atoms with Gasteiger partial charge in [0, 0.05) is 13.1 Å². The van der Waals surface area contributed by atoms with E-state index in [2.05, 4.69) is 0 Å². The normalized spacial score (nSPS) is 17.1. The number of ether oxygens (including phenoxy) is 1. The third-order valence-electron chi connectivity index (χ3n) is 5.40. The Bertz CT molecular complexity index is 991. The quantitative estimate of drug-likeness (QED) is 0.555. The van der Waals surface area contributed by atoms with Crippen molar-refractivity contribution < 1.29 is 28.3 Å². The van der Waals surface area contributed by atoms with E-state index in [4.69, 9.17) is 9.15 Å². The molecule has 3 amide bonds. The predicted octanol–water partition coefficient (Wildman–Crippen LogP) is 2.63. The molecule has 2 aliphatic heterocycles. The van der Waals surface area contributed by atoms with Crippen molar-refractivity contribution in [3.63, 3.8) is 0 Å². The second-order valence-electron chi connectivity index (χ2n) is 7.47. The Hall–Kier alpha value is -3.42.